The molecule has 1 atom stereocenters. The molecule has 0 amide bonds. The number of sulfonamides is 1. The van der Waals surface area contributed by atoms with E-state index in [2.05, 4.69) is 4.72 Å². The first-order valence-corrected chi connectivity index (χ1v) is 7.46. The Bertz CT molecular complexity index is 541. The van der Waals surface area contributed by atoms with Crippen LogP contribution < -0.4 is 15.2 Å². The molecular formula is C12H18N2O5S. The fourth-order valence-electron chi connectivity index (χ4n) is 1.45. The van der Waals surface area contributed by atoms with Gasteiger partial charge in [0.15, 0.2) is 0 Å². The summed E-state index contributed by atoms with van der Waals surface area (Å²) in [7, 11) is -2.37. The second-order valence-corrected chi connectivity index (χ2v) is 5.55. The van der Waals surface area contributed by atoms with E-state index in [0.29, 0.717) is 5.75 Å². The molecule has 0 fully saturated rings. The Morgan fingerprint density at radius 1 is 1.35 bits per heavy atom. The van der Waals surface area contributed by atoms with Crippen LogP contribution >= 0.6 is 0 Å². The van der Waals surface area contributed by atoms with Gasteiger partial charge in [0, 0.05) is 6.54 Å². The molecule has 0 heterocycles. The van der Waals surface area contributed by atoms with Crippen molar-refractivity contribution in [2.45, 2.75) is 17.9 Å². The molecule has 0 saturated carbocycles. The van der Waals surface area contributed by atoms with E-state index in [1.54, 1.807) is 6.92 Å². The smallest absolute Gasteiger partial charge is 0.325 e. The summed E-state index contributed by atoms with van der Waals surface area (Å²) in [6.07, 6.45) is 0. The Morgan fingerprint density at radius 3 is 2.40 bits per heavy atom. The average Bonchev–Trinajstić information content (AvgIpc) is 2.45. The third kappa shape index (κ3) is 4.19. The van der Waals surface area contributed by atoms with Gasteiger partial charge >= 0.3 is 5.97 Å². The van der Waals surface area contributed by atoms with E-state index in [1.165, 1.54) is 31.4 Å². The molecule has 0 aliphatic carbocycles. The number of carbonyl (C=O) groups excluding carboxylic acids is 1. The van der Waals surface area contributed by atoms with Gasteiger partial charge in [-0.3, -0.25) is 4.79 Å². The molecule has 1 aromatic carbocycles. The Labute approximate surface area is 118 Å². The molecule has 1 aromatic rings. The fourth-order valence-corrected chi connectivity index (χ4v) is 2.64. The number of nitrogens with one attached hydrogen (secondary N) is 1. The normalized spacial score (nSPS) is 12.8. The van der Waals surface area contributed by atoms with Crippen LogP contribution in [0.1, 0.15) is 6.92 Å². The van der Waals surface area contributed by atoms with Crippen LogP contribution in [0.4, 0.5) is 0 Å². The van der Waals surface area contributed by atoms with E-state index in [4.69, 9.17) is 15.2 Å². The quantitative estimate of drug-likeness (QED) is 0.679. The number of methoxy groups -OCH3 is 1. The third-order valence-electron chi connectivity index (χ3n) is 2.47. The zero-order valence-electron chi connectivity index (χ0n) is 11.3. The fraction of sp³-hybridized carbons (Fsp3) is 0.417. The van der Waals surface area contributed by atoms with Crippen molar-refractivity contribution in [1.29, 1.82) is 0 Å². The van der Waals surface area contributed by atoms with Crippen molar-refractivity contribution in [3.05, 3.63) is 24.3 Å². The van der Waals surface area contributed by atoms with E-state index >= 15 is 0 Å². The first-order chi connectivity index (χ1) is 9.44. The highest BCUT2D eigenvalue weighted by Crippen LogP contribution is 2.15. The van der Waals surface area contributed by atoms with Gasteiger partial charge in [0.1, 0.15) is 11.8 Å². The molecule has 0 bridgehead atoms. The van der Waals surface area contributed by atoms with Crippen LogP contribution in [-0.4, -0.2) is 40.7 Å². The predicted molar refractivity (Wildman–Crippen MR) is 72.8 cm³/mol. The van der Waals surface area contributed by atoms with Crippen molar-refractivity contribution in [3.63, 3.8) is 0 Å². The molecule has 8 heteroatoms. The van der Waals surface area contributed by atoms with Crippen molar-refractivity contribution in [2.24, 2.45) is 5.73 Å². The van der Waals surface area contributed by atoms with E-state index in [-0.39, 0.29) is 18.0 Å². The molecular weight excluding hydrogens is 284 g/mol. The van der Waals surface area contributed by atoms with Crippen molar-refractivity contribution in [3.8, 4) is 5.75 Å². The van der Waals surface area contributed by atoms with Gasteiger partial charge in [0.2, 0.25) is 10.0 Å². The lowest BCUT2D eigenvalue weighted by molar-refractivity contribution is -0.144. The van der Waals surface area contributed by atoms with Gasteiger partial charge in [-0.25, -0.2) is 8.42 Å². The topological polar surface area (TPSA) is 108 Å². The molecule has 0 unspecified atom stereocenters. The highest BCUT2D eigenvalue weighted by Gasteiger charge is 2.25. The summed E-state index contributed by atoms with van der Waals surface area (Å²) in [6, 6.07) is 4.66. The zero-order valence-corrected chi connectivity index (χ0v) is 12.1. The minimum absolute atomic E-state index is 0.0149. The van der Waals surface area contributed by atoms with Crippen molar-refractivity contribution >= 4 is 16.0 Å². The maximum Gasteiger partial charge on any atom is 0.325 e. The average molecular weight is 302 g/mol. The van der Waals surface area contributed by atoms with Gasteiger partial charge in [-0.1, -0.05) is 0 Å². The molecule has 0 aromatic heterocycles. The molecule has 7 nitrogen and oxygen atoms in total. The Morgan fingerprint density at radius 2 is 1.95 bits per heavy atom. The highest BCUT2D eigenvalue weighted by atomic mass is 32.2. The summed E-state index contributed by atoms with van der Waals surface area (Å²) in [5.74, 6) is -0.170. The van der Waals surface area contributed by atoms with Crippen molar-refractivity contribution < 1.29 is 22.7 Å². The van der Waals surface area contributed by atoms with Crippen LogP contribution in [0.15, 0.2) is 29.2 Å². The lowest BCUT2D eigenvalue weighted by atomic mass is 10.3. The minimum Gasteiger partial charge on any atom is -0.497 e. The van der Waals surface area contributed by atoms with Gasteiger partial charge in [-0.05, 0) is 31.2 Å². The Hall–Kier alpha value is -1.64. The minimum atomic E-state index is -3.85. The number of hydrogen-bond acceptors (Lipinski definition) is 6. The number of nitrogens with two attached hydrogens (primary N) is 1. The van der Waals surface area contributed by atoms with Crippen LogP contribution in [0.3, 0.4) is 0 Å². The van der Waals surface area contributed by atoms with Crippen LogP contribution in [0, 0.1) is 0 Å². The van der Waals surface area contributed by atoms with Crippen molar-refractivity contribution in [1.82, 2.24) is 4.72 Å². The third-order valence-corrected chi connectivity index (χ3v) is 3.96. The van der Waals surface area contributed by atoms with E-state index in [9.17, 15) is 13.2 Å². The van der Waals surface area contributed by atoms with E-state index < -0.39 is 22.0 Å². The number of rotatable bonds is 7. The van der Waals surface area contributed by atoms with E-state index in [0.717, 1.165) is 0 Å². The van der Waals surface area contributed by atoms with Crippen LogP contribution in [0.5, 0.6) is 5.75 Å². The van der Waals surface area contributed by atoms with Gasteiger partial charge in [0.25, 0.3) is 0 Å². The number of esters is 1. The Kier molecular flexibility index (Phi) is 5.93. The molecule has 112 valence electrons. The SMILES string of the molecule is CCOC(=O)[C@H](CN)NS(=O)(=O)c1ccc(OC)cc1. The summed E-state index contributed by atoms with van der Waals surface area (Å²) in [5, 5.41) is 0. The summed E-state index contributed by atoms with van der Waals surface area (Å²) in [4.78, 5) is 11.5. The summed E-state index contributed by atoms with van der Waals surface area (Å²) in [6.45, 7) is 1.59. The van der Waals surface area contributed by atoms with Crippen molar-refractivity contribution in [2.75, 3.05) is 20.3 Å². The first kappa shape index (κ1) is 16.4. The van der Waals surface area contributed by atoms with Gasteiger partial charge in [-0.15, -0.1) is 0 Å². The zero-order chi connectivity index (χ0) is 15.2. The van der Waals surface area contributed by atoms with Gasteiger partial charge in [0.05, 0.1) is 18.6 Å². The highest BCUT2D eigenvalue weighted by molar-refractivity contribution is 7.89. The molecule has 0 radical (unpaired) electrons. The number of ether oxygens (including phenoxy) is 2. The monoisotopic (exact) mass is 302 g/mol. The molecule has 0 aliphatic rings. The second-order valence-electron chi connectivity index (χ2n) is 3.84. The summed E-state index contributed by atoms with van der Waals surface area (Å²) in [5.41, 5.74) is 5.39. The molecule has 0 aliphatic heterocycles. The number of hydrogen-bond donors (Lipinski definition) is 2. The lowest BCUT2D eigenvalue weighted by Gasteiger charge is -2.15. The van der Waals surface area contributed by atoms with Gasteiger partial charge < -0.3 is 15.2 Å². The summed E-state index contributed by atoms with van der Waals surface area (Å²) >= 11 is 0. The van der Waals surface area contributed by atoms with Crippen LogP contribution in [0.25, 0.3) is 0 Å². The van der Waals surface area contributed by atoms with Crippen LogP contribution in [0.2, 0.25) is 0 Å². The lowest BCUT2D eigenvalue weighted by Crippen LogP contribution is -2.46. The van der Waals surface area contributed by atoms with E-state index in [1.807, 2.05) is 0 Å². The second kappa shape index (κ2) is 7.22. The summed E-state index contributed by atoms with van der Waals surface area (Å²) < 4.78 is 36.1. The van der Waals surface area contributed by atoms with Crippen LogP contribution in [-0.2, 0) is 19.6 Å². The predicted octanol–water partition coefficient (Wildman–Crippen LogP) is -0.136. The maximum atomic E-state index is 12.1. The maximum absolute atomic E-state index is 12.1. The first-order valence-electron chi connectivity index (χ1n) is 5.97. The largest absolute Gasteiger partial charge is 0.497 e. The standard InChI is InChI=1S/C12H18N2O5S/c1-3-19-12(15)11(8-13)14-20(16,17)10-6-4-9(18-2)5-7-10/h4-7,11,14H,3,8,13H2,1-2H3/t11-/m0/s1. The number of benzene rings is 1. The Balaban J connectivity index is 2.89. The molecule has 20 heavy (non-hydrogen) atoms. The molecule has 3 N–H and O–H groups in total. The molecule has 0 saturated heterocycles. The molecule has 1 rings (SSSR count). The molecule has 0 spiro atoms. The number of carbonyl (C=O) groups is 1. The van der Waals surface area contributed by atoms with Gasteiger partial charge in [-0.2, -0.15) is 4.72 Å².